The second kappa shape index (κ2) is 7.17. The molecule has 0 aliphatic rings. The number of ether oxygens (including phenoxy) is 1. The van der Waals surface area contributed by atoms with Crippen molar-refractivity contribution in [3.8, 4) is 5.88 Å². The van der Waals surface area contributed by atoms with Crippen LogP contribution >= 0.6 is 11.8 Å². The van der Waals surface area contributed by atoms with Gasteiger partial charge in [0.05, 0.1) is 18.1 Å². The zero-order chi connectivity index (χ0) is 15.3. The minimum atomic E-state index is -1.38. The first-order valence-electron chi connectivity index (χ1n) is 5.54. The van der Waals surface area contributed by atoms with Gasteiger partial charge in [0.25, 0.3) is 5.88 Å². The molecule has 0 aliphatic carbocycles. The molecule has 110 valence electrons. The summed E-state index contributed by atoms with van der Waals surface area (Å²) in [6.07, 6.45) is -1.43. The average molecular weight is 302 g/mol. The molecule has 2 unspecified atom stereocenters. The molecule has 20 heavy (non-hydrogen) atoms. The van der Waals surface area contributed by atoms with E-state index in [1.165, 1.54) is 20.2 Å². The van der Waals surface area contributed by atoms with Crippen LogP contribution in [0.15, 0.2) is 12.3 Å². The minimum Gasteiger partial charge on any atom is -0.476 e. The van der Waals surface area contributed by atoms with Crippen molar-refractivity contribution >= 4 is 22.6 Å². The van der Waals surface area contributed by atoms with E-state index in [0.717, 1.165) is 17.8 Å². The van der Waals surface area contributed by atoms with Crippen molar-refractivity contribution in [1.29, 1.82) is 0 Å². The van der Waals surface area contributed by atoms with E-state index in [1.54, 1.807) is 0 Å². The van der Waals surface area contributed by atoms with E-state index < -0.39 is 22.8 Å². The molecule has 9 heteroatoms. The first-order valence-corrected chi connectivity index (χ1v) is 6.53. The van der Waals surface area contributed by atoms with Crippen LogP contribution in [-0.4, -0.2) is 44.2 Å². The average Bonchev–Trinajstić information content (AvgIpc) is 2.42. The van der Waals surface area contributed by atoms with Gasteiger partial charge in [0, 0.05) is 30.5 Å². The highest BCUT2D eigenvalue weighted by Crippen LogP contribution is 2.28. The van der Waals surface area contributed by atoms with Crippen LogP contribution in [0.4, 0.5) is 5.69 Å². The van der Waals surface area contributed by atoms with Crippen molar-refractivity contribution in [2.24, 2.45) is 0 Å². The fourth-order valence-electron chi connectivity index (χ4n) is 1.42. The van der Waals surface area contributed by atoms with Crippen LogP contribution in [0, 0.1) is 10.1 Å². The molecular formula is C11H14N2O6S. The van der Waals surface area contributed by atoms with Crippen LogP contribution in [0.25, 0.3) is 0 Å². The summed E-state index contributed by atoms with van der Waals surface area (Å²) in [6.45, 7) is 1.34. The fourth-order valence-corrected chi connectivity index (χ4v) is 2.01. The fraction of sp³-hybridized carbons (Fsp3) is 0.455. The van der Waals surface area contributed by atoms with Gasteiger partial charge in [-0.05, 0) is 0 Å². The maximum absolute atomic E-state index is 10.8. The van der Waals surface area contributed by atoms with Crippen LogP contribution < -0.4 is 4.74 Å². The summed E-state index contributed by atoms with van der Waals surface area (Å²) >= 11 is 0.853. The molecule has 0 amide bonds. The van der Waals surface area contributed by atoms with Crippen LogP contribution in [0.2, 0.25) is 0 Å². The third-order valence-corrected chi connectivity index (χ3v) is 3.32. The normalized spacial score (nSPS) is 13.6. The van der Waals surface area contributed by atoms with Gasteiger partial charge in [-0.1, -0.05) is 11.8 Å². The summed E-state index contributed by atoms with van der Waals surface area (Å²) in [5.41, 5.74) is -0.329. The van der Waals surface area contributed by atoms with Gasteiger partial charge in [-0.15, -0.1) is 0 Å². The third-order valence-electron chi connectivity index (χ3n) is 2.41. The number of nitrogens with zero attached hydrogens (tertiary/aromatic N) is 2. The lowest BCUT2D eigenvalue weighted by molar-refractivity contribution is -0.386. The summed E-state index contributed by atoms with van der Waals surface area (Å²) in [5.74, 6) is -0.199. The lowest BCUT2D eigenvalue weighted by Crippen LogP contribution is -2.21. The van der Waals surface area contributed by atoms with E-state index in [9.17, 15) is 25.1 Å². The number of hydrogen-bond donors (Lipinski definition) is 2. The molecule has 0 aromatic carbocycles. The van der Waals surface area contributed by atoms with Crippen LogP contribution in [-0.2, 0) is 4.79 Å². The molecule has 0 saturated carbocycles. The van der Waals surface area contributed by atoms with Crippen molar-refractivity contribution in [3.05, 3.63) is 27.9 Å². The molecule has 1 rings (SSSR count). The first-order chi connectivity index (χ1) is 9.36. The Hall–Kier alpha value is -1.71. The van der Waals surface area contributed by atoms with Crippen molar-refractivity contribution in [3.63, 3.8) is 0 Å². The summed E-state index contributed by atoms with van der Waals surface area (Å²) in [7, 11) is 1.24. The second-order valence-electron chi connectivity index (χ2n) is 3.87. The van der Waals surface area contributed by atoms with Gasteiger partial charge in [0.15, 0.2) is 5.12 Å². The molecule has 2 N–H and O–H groups in total. The van der Waals surface area contributed by atoms with Crippen LogP contribution in [0.1, 0.15) is 18.6 Å². The molecule has 1 aromatic rings. The SMILES string of the molecule is COc1ncc(C(O)C(O)CSC(C)=O)cc1[N+](=O)[O-]. The van der Waals surface area contributed by atoms with E-state index in [0.29, 0.717) is 0 Å². The minimum absolute atomic E-state index is 0.0175. The van der Waals surface area contributed by atoms with Gasteiger partial charge >= 0.3 is 5.69 Å². The summed E-state index contributed by atoms with van der Waals surface area (Å²) in [5, 5.41) is 30.3. The molecule has 0 aliphatic heterocycles. The Morgan fingerprint density at radius 3 is 2.75 bits per heavy atom. The maximum Gasteiger partial charge on any atom is 0.331 e. The third kappa shape index (κ3) is 4.15. The number of pyridine rings is 1. The quantitative estimate of drug-likeness (QED) is 0.580. The molecule has 8 nitrogen and oxygen atoms in total. The van der Waals surface area contributed by atoms with Crippen molar-refractivity contribution in [1.82, 2.24) is 4.98 Å². The Kier molecular flexibility index (Phi) is 5.86. The number of methoxy groups -OCH3 is 1. The van der Waals surface area contributed by atoms with Gasteiger partial charge in [-0.2, -0.15) is 0 Å². The van der Waals surface area contributed by atoms with Crippen molar-refractivity contribution < 1.29 is 24.7 Å². The summed E-state index contributed by atoms with van der Waals surface area (Å²) in [4.78, 5) is 24.6. The number of thioether (sulfide) groups is 1. The van der Waals surface area contributed by atoms with E-state index in [-0.39, 0.29) is 22.3 Å². The summed E-state index contributed by atoms with van der Waals surface area (Å²) in [6, 6.07) is 1.08. The number of rotatable bonds is 6. The van der Waals surface area contributed by atoms with Gasteiger partial charge in [0.2, 0.25) is 0 Å². The number of aromatic nitrogens is 1. The molecule has 0 bridgehead atoms. The molecular weight excluding hydrogens is 288 g/mol. The van der Waals surface area contributed by atoms with E-state index in [1.807, 2.05) is 0 Å². The zero-order valence-corrected chi connectivity index (χ0v) is 11.7. The van der Waals surface area contributed by atoms with Gasteiger partial charge in [0.1, 0.15) is 6.10 Å². The Morgan fingerprint density at radius 2 is 2.25 bits per heavy atom. The molecule has 0 spiro atoms. The highest BCUT2D eigenvalue weighted by Gasteiger charge is 2.24. The molecule has 1 heterocycles. The predicted molar refractivity (Wildman–Crippen MR) is 71.5 cm³/mol. The predicted octanol–water partition coefficient (Wildman–Crippen LogP) is 0.672. The molecule has 0 radical (unpaired) electrons. The van der Waals surface area contributed by atoms with Crippen molar-refractivity contribution in [2.45, 2.75) is 19.1 Å². The van der Waals surface area contributed by atoms with Gasteiger partial charge in [-0.3, -0.25) is 14.9 Å². The van der Waals surface area contributed by atoms with E-state index >= 15 is 0 Å². The number of carbonyl (C=O) groups excluding carboxylic acids is 1. The number of aliphatic hydroxyl groups is 2. The number of aliphatic hydroxyl groups excluding tert-OH is 2. The largest absolute Gasteiger partial charge is 0.476 e. The Balaban J connectivity index is 2.93. The van der Waals surface area contributed by atoms with Crippen LogP contribution in [0.5, 0.6) is 5.88 Å². The molecule has 1 aromatic heterocycles. The molecule has 0 saturated heterocycles. The Bertz CT molecular complexity index is 510. The Morgan fingerprint density at radius 1 is 1.60 bits per heavy atom. The van der Waals surface area contributed by atoms with Gasteiger partial charge in [-0.25, -0.2) is 4.98 Å². The molecule has 2 atom stereocenters. The van der Waals surface area contributed by atoms with Gasteiger partial charge < -0.3 is 14.9 Å². The van der Waals surface area contributed by atoms with E-state index in [2.05, 4.69) is 4.98 Å². The van der Waals surface area contributed by atoms with E-state index in [4.69, 9.17) is 4.74 Å². The van der Waals surface area contributed by atoms with Crippen LogP contribution in [0.3, 0.4) is 0 Å². The summed E-state index contributed by atoms with van der Waals surface area (Å²) < 4.78 is 4.74. The van der Waals surface area contributed by atoms with Crippen molar-refractivity contribution in [2.75, 3.05) is 12.9 Å². The standard InChI is InChI=1S/C11H14N2O6S/c1-6(14)20-5-9(15)10(16)7-3-8(13(17)18)11(19-2)12-4-7/h3-4,9-10,15-16H,5H2,1-2H3. The number of hydrogen-bond acceptors (Lipinski definition) is 8. The highest BCUT2D eigenvalue weighted by molar-refractivity contribution is 8.13. The molecule has 0 fully saturated rings. The second-order valence-corrected chi connectivity index (χ2v) is 5.07. The lowest BCUT2D eigenvalue weighted by Gasteiger charge is -2.17. The first kappa shape index (κ1) is 16.3. The monoisotopic (exact) mass is 302 g/mol. The Labute approximate surface area is 118 Å². The number of carbonyl (C=O) groups is 1. The topological polar surface area (TPSA) is 123 Å². The highest BCUT2D eigenvalue weighted by atomic mass is 32.2. The number of nitro groups is 1. The smallest absolute Gasteiger partial charge is 0.331 e. The lowest BCUT2D eigenvalue weighted by atomic mass is 10.1. The maximum atomic E-state index is 10.8. The zero-order valence-electron chi connectivity index (χ0n) is 10.8.